The summed E-state index contributed by atoms with van der Waals surface area (Å²) in [5, 5.41) is 5.27. The van der Waals surface area contributed by atoms with Crippen LogP contribution in [0.3, 0.4) is 0 Å². The molecule has 0 saturated carbocycles. The molecule has 0 spiro atoms. The second-order valence-corrected chi connectivity index (χ2v) is 7.26. The van der Waals surface area contributed by atoms with Gasteiger partial charge in [0.2, 0.25) is 0 Å². The van der Waals surface area contributed by atoms with E-state index < -0.39 is 0 Å². The summed E-state index contributed by atoms with van der Waals surface area (Å²) < 4.78 is 19.3. The first-order valence-electron chi connectivity index (χ1n) is 7.96. The Morgan fingerprint density at radius 1 is 1.15 bits per heavy atom. The molecule has 0 aliphatic heterocycles. The van der Waals surface area contributed by atoms with Gasteiger partial charge in [0.25, 0.3) is 5.91 Å². The third-order valence-electron chi connectivity index (χ3n) is 3.84. The lowest BCUT2D eigenvalue weighted by atomic mass is 10.2. The van der Waals surface area contributed by atoms with Crippen molar-refractivity contribution in [3.63, 3.8) is 0 Å². The maximum Gasteiger partial charge on any atom is 0.265 e. The highest BCUT2D eigenvalue weighted by Gasteiger charge is 2.11. The number of thiophene rings is 1. The lowest BCUT2D eigenvalue weighted by molar-refractivity contribution is 0.103. The number of halogens is 2. The number of nitrogens with one attached hydrogen (secondary N) is 1. The van der Waals surface area contributed by atoms with E-state index in [4.69, 9.17) is 16.3 Å². The molecule has 0 radical (unpaired) electrons. The summed E-state index contributed by atoms with van der Waals surface area (Å²) >= 11 is 7.32. The number of ether oxygens (including phenoxy) is 1. The van der Waals surface area contributed by atoms with Gasteiger partial charge in [0.15, 0.2) is 0 Å². The number of amides is 1. The molecule has 3 nitrogen and oxygen atoms in total. The van der Waals surface area contributed by atoms with Crippen molar-refractivity contribution < 1.29 is 13.9 Å². The maximum atomic E-state index is 13.6. The zero-order chi connectivity index (χ0) is 18.7. The molecule has 1 amide bonds. The van der Waals surface area contributed by atoms with Gasteiger partial charge in [0, 0.05) is 16.3 Å². The Morgan fingerprint density at radius 3 is 2.69 bits per heavy atom. The molecule has 0 aliphatic rings. The van der Waals surface area contributed by atoms with E-state index in [1.807, 2.05) is 18.4 Å². The van der Waals surface area contributed by atoms with Crippen LogP contribution in [0.25, 0.3) is 0 Å². The number of hydrogen-bond donors (Lipinski definition) is 1. The molecule has 0 atom stereocenters. The van der Waals surface area contributed by atoms with Gasteiger partial charge in [0.1, 0.15) is 18.2 Å². The minimum Gasteiger partial charge on any atom is -0.489 e. The molecule has 1 aromatic heterocycles. The molecule has 1 N–H and O–H groups in total. The van der Waals surface area contributed by atoms with Crippen molar-refractivity contribution in [2.24, 2.45) is 0 Å². The molecular weight excluding hydrogens is 373 g/mol. The van der Waals surface area contributed by atoms with E-state index in [0.717, 1.165) is 16.9 Å². The summed E-state index contributed by atoms with van der Waals surface area (Å²) in [7, 11) is 0. The standard InChI is InChI=1S/C20H17ClFNO2S/c1-12-3-4-15(9-18(12)22)23-20(24)19-8-14(11-26-19)10-25-16-5-6-17(21)13(2)7-16/h3-9,11H,10H2,1-2H3,(H,23,24). The molecular formula is C20H17ClFNO2S. The van der Waals surface area contributed by atoms with Crippen LogP contribution in [0.15, 0.2) is 47.8 Å². The highest BCUT2D eigenvalue weighted by atomic mass is 35.5. The number of carbonyl (C=O) groups excluding carboxylic acids is 1. The zero-order valence-corrected chi connectivity index (χ0v) is 15.9. The third-order valence-corrected chi connectivity index (χ3v) is 5.24. The second kappa shape index (κ2) is 7.89. The smallest absolute Gasteiger partial charge is 0.265 e. The van der Waals surface area contributed by atoms with E-state index in [2.05, 4.69) is 5.32 Å². The van der Waals surface area contributed by atoms with E-state index in [9.17, 15) is 9.18 Å². The fourth-order valence-corrected chi connectivity index (χ4v) is 3.22. The Balaban J connectivity index is 1.62. The van der Waals surface area contributed by atoms with Crippen LogP contribution in [0.2, 0.25) is 5.02 Å². The quantitative estimate of drug-likeness (QED) is 0.582. The van der Waals surface area contributed by atoms with Crippen LogP contribution in [-0.4, -0.2) is 5.91 Å². The Morgan fingerprint density at radius 2 is 1.96 bits per heavy atom. The van der Waals surface area contributed by atoms with Crippen LogP contribution < -0.4 is 10.1 Å². The normalized spacial score (nSPS) is 10.6. The van der Waals surface area contributed by atoms with Crippen molar-refractivity contribution in [3.8, 4) is 5.75 Å². The van der Waals surface area contributed by atoms with Crippen LogP contribution in [0, 0.1) is 19.7 Å². The summed E-state index contributed by atoms with van der Waals surface area (Å²) in [5.41, 5.74) is 2.81. The van der Waals surface area contributed by atoms with Gasteiger partial charge in [-0.1, -0.05) is 17.7 Å². The molecule has 3 aromatic rings. The molecule has 6 heteroatoms. The van der Waals surface area contributed by atoms with Crippen molar-refractivity contribution in [1.29, 1.82) is 0 Å². The fraction of sp³-hybridized carbons (Fsp3) is 0.150. The number of aryl methyl sites for hydroxylation is 2. The molecule has 1 heterocycles. The Kier molecular flexibility index (Phi) is 5.59. The predicted molar refractivity (Wildman–Crippen MR) is 104 cm³/mol. The lowest BCUT2D eigenvalue weighted by Crippen LogP contribution is -2.10. The summed E-state index contributed by atoms with van der Waals surface area (Å²) in [5.74, 6) is 0.104. The SMILES string of the molecule is Cc1ccc(NC(=O)c2cc(COc3ccc(Cl)c(C)c3)cs2)cc1F. The molecule has 26 heavy (non-hydrogen) atoms. The van der Waals surface area contributed by atoms with Gasteiger partial charge >= 0.3 is 0 Å². The van der Waals surface area contributed by atoms with Crippen LogP contribution in [0.4, 0.5) is 10.1 Å². The van der Waals surface area contributed by atoms with E-state index >= 15 is 0 Å². The first-order chi connectivity index (χ1) is 12.4. The monoisotopic (exact) mass is 389 g/mol. The lowest BCUT2D eigenvalue weighted by Gasteiger charge is -2.06. The number of benzene rings is 2. The summed E-state index contributed by atoms with van der Waals surface area (Å²) in [4.78, 5) is 12.8. The number of carbonyl (C=O) groups is 1. The van der Waals surface area contributed by atoms with Crippen molar-refractivity contribution in [1.82, 2.24) is 0 Å². The third kappa shape index (κ3) is 4.42. The van der Waals surface area contributed by atoms with E-state index in [1.54, 1.807) is 37.3 Å². The first-order valence-corrected chi connectivity index (χ1v) is 9.22. The molecule has 0 aliphatic carbocycles. The minimum absolute atomic E-state index is 0.271. The second-order valence-electron chi connectivity index (χ2n) is 5.94. The molecule has 0 fully saturated rings. The predicted octanol–water partition coefficient (Wildman–Crippen LogP) is 5.99. The van der Waals surface area contributed by atoms with E-state index in [1.165, 1.54) is 17.4 Å². The van der Waals surface area contributed by atoms with Gasteiger partial charge in [-0.05, 0) is 66.8 Å². The topological polar surface area (TPSA) is 38.3 Å². The van der Waals surface area contributed by atoms with Crippen LogP contribution in [0.1, 0.15) is 26.4 Å². The average Bonchev–Trinajstić information content (AvgIpc) is 3.08. The summed E-state index contributed by atoms with van der Waals surface area (Å²) in [6, 6.07) is 11.9. The molecule has 2 aromatic carbocycles. The van der Waals surface area contributed by atoms with Gasteiger partial charge in [-0.15, -0.1) is 11.3 Å². The number of hydrogen-bond acceptors (Lipinski definition) is 3. The molecule has 0 saturated heterocycles. The highest BCUT2D eigenvalue weighted by Crippen LogP contribution is 2.23. The van der Waals surface area contributed by atoms with Gasteiger partial charge in [-0.25, -0.2) is 4.39 Å². The number of anilines is 1. The molecule has 0 bridgehead atoms. The van der Waals surface area contributed by atoms with Crippen molar-refractivity contribution in [2.75, 3.05) is 5.32 Å². The van der Waals surface area contributed by atoms with Gasteiger partial charge in [0.05, 0.1) is 4.88 Å². The van der Waals surface area contributed by atoms with E-state index in [-0.39, 0.29) is 11.7 Å². The van der Waals surface area contributed by atoms with Crippen LogP contribution in [0.5, 0.6) is 5.75 Å². The largest absolute Gasteiger partial charge is 0.489 e. The minimum atomic E-state index is -0.346. The van der Waals surface area contributed by atoms with Crippen molar-refractivity contribution in [3.05, 3.63) is 80.3 Å². The average molecular weight is 390 g/mol. The summed E-state index contributed by atoms with van der Waals surface area (Å²) in [6.45, 7) is 3.94. The van der Waals surface area contributed by atoms with Crippen LogP contribution in [-0.2, 0) is 6.61 Å². The van der Waals surface area contributed by atoms with Gasteiger partial charge in [-0.2, -0.15) is 0 Å². The Labute approximate surface area is 160 Å². The van der Waals surface area contributed by atoms with E-state index in [0.29, 0.717) is 27.8 Å². The molecule has 3 rings (SSSR count). The highest BCUT2D eigenvalue weighted by molar-refractivity contribution is 7.12. The number of rotatable bonds is 5. The molecule has 134 valence electrons. The fourth-order valence-electron chi connectivity index (χ4n) is 2.31. The molecule has 0 unspecified atom stereocenters. The van der Waals surface area contributed by atoms with Gasteiger partial charge < -0.3 is 10.1 Å². The zero-order valence-electron chi connectivity index (χ0n) is 14.3. The Bertz CT molecular complexity index is 955. The van der Waals surface area contributed by atoms with Gasteiger partial charge in [-0.3, -0.25) is 4.79 Å². The van der Waals surface area contributed by atoms with Crippen molar-refractivity contribution in [2.45, 2.75) is 20.5 Å². The Hall–Kier alpha value is -2.37. The maximum absolute atomic E-state index is 13.6. The first kappa shape index (κ1) is 18.4. The van der Waals surface area contributed by atoms with Crippen LogP contribution >= 0.6 is 22.9 Å². The summed E-state index contributed by atoms with van der Waals surface area (Å²) in [6.07, 6.45) is 0. The van der Waals surface area contributed by atoms with Crippen molar-refractivity contribution >= 4 is 34.5 Å².